The zero-order valence-corrected chi connectivity index (χ0v) is 13.3. The van der Waals surface area contributed by atoms with E-state index in [2.05, 4.69) is 27.9 Å². The standard InChI is InChI=1S/C16H30N4O/c1-2-17-16(20-14-9-5-6-10-14)18-12-11-15(21)19-13-7-3-4-8-13/h13-14H,2-12H2,1H3,(H,19,21)(H2,17,18,20). The molecule has 3 N–H and O–H groups in total. The highest BCUT2D eigenvalue weighted by molar-refractivity contribution is 5.81. The van der Waals surface area contributed by atoms with Gasteiger partial charge in [-0.15, -0.1) is 0 Å². The molecule has 0 aromatic rings. The normalized spacial score (nSPS) is 20.7. The molecule has 5 heteroatoms. The molecule has 2 aliphatic carbocycles. The minimum atomic E-state index is 0.141. The van der Waals surface area contributed by atoms with Crippen molar-refractivity contribution >= 4 is 11.9 Å². The maximum absolute atomic E-state index is 11.9. The summed E-state index contributed by atoms with van der Waals surface area (Å²) in [6, 6.07) is 0.960. The second-order valence-corrected chi connectivity index (χ2v) is 6.19. The number of carbonyl (C=O) groups is 1. The largest absolute Gasteiger partial charge is 0.357 e. The van der Waals surface area contributed by atoms with E-state index in [1.54, 1.807) is 0 Å². The van der Waals surface area contributed by atoms with Gasteiger partial charge in [0.15, 0.2) is 5.96 Å². The van der Waals surface area contributed by atoms with Crippen LogP contribution in [0.5, 0.6) is 0 Å². The number of nitrogens with zero attached hydrogens (tertiary/aromatic N) is 1. The molecule has 0 radical (unpaired) electrons. The molecule has 0 spiro atoms. The van der Waals surface area contributed by atoms with Gasteiger partial charge in [-0.1, -0.05) is 25.7 Å². The van der Waals surface area contributed by atoms with Gasteiger partial charge in [-0.2, -0.15) is 0 Å². The lowest BCUT2D eigenvalue weighted by molar-refractivity contribution is -0.121. The fraction of sp³-hybridized carbons (Fsp3) is 0.875. The van der Waals surface area contributed by atoms with Crippen LogP contribution in [0.4, 0.5) is 0 Å². The Kier molecular flexibility index (Phi) is 6.83. The first-order valence-corrected chi connectivity index (χ1v) is 8.62. The van der Waals surface area contributed by atoms with Gasteiger partial charge < -0.3 is 16.0 Å². The van der Waals surface area contributed by atoms with Crippen molar-refractivity contribution in [3.63, 3.8) is 0 Å². The molecular formula is C16H30N4O. The molecule has 0 saturated heterocycles. The van der Waals surface area contributed by atoms with Crippen LogP contribution in [-0.4, -0.2) is 37.0 Å². The number of hydrogen-bond donors (Lipinski definition) is 3. The summed E-state index contributed by atoms with van der Waals surface area (Å²) in [5.74, 6) is 1.00. The van der Waals surface area contributed by atoms with Crippen molar-refractivity contribution in [3.8, 4) is 0 Å². The summed E-state index contributed by atoms with van der Waals surface area (Å²) in [4.78, 5) is 16.4. The summed E-state index contributed by atoms with van der Waals surface area (Å²) in [6.07, 6.45) is 10.3. The van der Waals surface area contributed by atoms with E-state index in [0.29, 0.717) is 25.0 Å². The predicted molar refractivity (Wildman–Crippen MR) is 86.4 cm³/mol. The van der Waals surface area contributed by atoms with Crippen molar-refractivity contribution in [3.05, 3.63) is 0 Å². The lowest BCUT2D eigenvalue weighted by Crippen LogP contribution is -2.42. The lowest BCUT2D eigenvalue weighted by atomic mass is 10.2. The van der Waals surface area contributed by atoms with Crippen molar-refractivity contribution in [1.29, 1.82) is 0 Å². The molecular weight excluding hydrogens is 264 g/mol. The third kappa shape index (κ3) is 5.94. The van der Waals surface area contributed by atoms with Crippen molar-refractivity contribution < 1.29 is 4.79 Å². The van der Waals surface area contributed by atoms with Crippen molar-refractivity contribution in [2.45, 2.75) is 76.8 Å². The highest BCUT2D eigenvalue weighted by Crippen LogP contribution is 2.18. The van der Waals surface area contributed by atoms with Gasteiger partial charge in [0.25, 0.3) is 0 Å². The predicted octanol–water partition coefficient (Wildman–Crippen LogP) is 1.93. The van der Waals surface area contributed by atoms with Gasteiger partial charge in [0.05, 0.1) is 6.54 Å². The molecule has 2 fully saturated rings. The Morgan fingerprint density at radius 2 is 1.57 bits per heavy atom. The smallest absolute Gasteiger partial charge is 0.222 e. The maximum atomic E-state index is 11.9. The first kappa shape index (κ1) is 16.1. The van der Waals surface area contributed by atoms with Crippen molar-refractivity contribution in [1.82, 2.24) is 16.0 Å². The van der Waals surface area contributed by atoms with Gasteiger partial charge in [0.1, 0.15) is 0 Å². The fourth-order valence-corrected chi connectivity index (χ4v) is 3.22. The van der Waals surface area contributed by atoms with Crippen LogP contribution in [0, 0.1) is 0 Å². The second-order valence-electron chi connectivity index (χ2n) is 6.19. The Morgan fingerprint density at radius 3 is 2.14 bits per heavy atom. The quantitative estimate of drug-likeness (QED) is 0.518. The van der Waals surface area contributed by atoms with Gasteiger partial charge >= 0.3 is 0 Å². The molecule has 0 heterocycles. The minimum absolute atomic E-state index is 0.141. The maximum Gasteiger partial charge on any atom is 0.222 e. The molecule has 120 valence electrons. The molecule has 1 amide bonds. The number of rotatable bonds is 6. The molecule has 2 aliphatic rings. The molecule has 5 nitrogen and oxygen atoms in total. The molecule has 21 heavy (non-hydrogen) atoms. The van der Waals surface area contributed by atoms with E-state index in [1.165, 1.54) is 38.5 Å². The van der Waals surface area contributed by atoms with Gasteiger partial charge in [0.2, 0.25) is 5.91 Å². The summed E-state index contributed by atoms with van der Waals surface area (Å²) in [5, 5.41) is 9.84. The van der Waals surface area contributed by atoms with Crippen LogP contribution in [-0.2, 0) is 4.79 Å². The minimum Gasteiger partial charge on any atom is -0.357 e. The highest BCUT2D eigenvalue weighted by Gasteiger charge is 2.17. The Balaban J connectivity index is 1.69. The van der Waals surface area contributed by atoms with E-state index in [-0.39, 0.29) is 5.91 Å². The highest BCUT2D eigenvalue weighted by atomic mass is 16.1. The van der Waals surface area contributed by atoms with Crippen molar-refractivity contribution in [2.24, 2.45) is 4.99 Å². The second kappa shape index (κ2) is 8.90. The first-order chi connectivity index (χ1) is 10.3. The van der Waals surface area contributed by atoms with E-state index >= 15 is 0 Å². The van der Waals surface area contributed by atoms with Crippen LogP contribution in [0.25, 0.3) is 0 Å². The van der Waals surface area contributed by atoms with E-state index in [4.69, 9.17) is 0 Å². The van der Waals surface area contributed by atoms with Crippen LogP contribution in [0.1, 0.15) is 64.7 Å². The third-order valence-corrected chi connectivity index (χ3v) is 4.37. The first-order valence-electron chi connectivity index (χ1n) is 8.62. The van der Waals surface area contributed by atoms with E-state index < -0.39 is 0 Å². The van der Waals surface area contributed by atoms with Gasteiger partial charge in [-0.25, -0.2) is 0 Å². The fourth-order valence-electron chi connectivity index (χ4n) is 3.22. The van der Waals surface area contributed by atoms with E-state index in [0.717, 1.165) is 25.3 Å². The molecule has 2 saturated carbocycles. The summed E-state index contributed by atoms with van der Waals surface area (Å²) >= 11 is 0. The van der Waals surface area contributed by atoms with Gasteiger partial charge in [0, 0.05) is 25.0 Å². The average molecular weight is 294 g/mol. The number of hydrogen-bond acceptors (Lipinski definition) is 2. The number of guanidine groups is 1. The Bertz CT molecular complexity index is 344. The molecule has 0 bridgehead atoms. The summed E-state index contributed by atoms with van der Waals surface area (Å²) < 4.78 is 0. The zero-order chi connectivity index (χ0) is 14.9. The molecule has 0 aromatic carbocycles. The summed E-state index contributed by atoms with van der Waals surface area (Å²) in [6.45, 7) is 3.48. The third-order valence-electron chi connectivity index (χ3n) is 4.37. The number of aliphatic imine (C=N–C) groups is 1. The van der Waals surface area contributed by atoms with Crippen LogP contribution in [0.15, 0.2) is 4.99 Å². The molecule has 2 rings (SSSR count). The molecule has 0 unspecified atom stereocenters. The summed E-state index contributed by atoms with van der Waals surface area (Å²) in [5.41, 5.74) is 0. The summed E-state index contributed by atoms with van der Waals surface area (Å²) in [7, 11) is 0. The number of carbonyl (C=O) groups excluding carboxylic acids is 1. The van der Waals surface area contributed by atoms with Crippen LogP contribution < -0.4 is 16.0 Å². The SMILES string of the molecule is CCNC(=NCCC(=O)NC1CCCC1)NC1CCCC1. The van der Waals surface area contributed by atoms with Crippen molar-refractivity contribution in [2.75, 3.05) is 13.1 Å². The molecule has 0 atom stereocenters. The zero-order valence-electron chi connectivity index (χ0n) is 13.3. The number of amides is 1. The van der Waals surface area contributed by atoms with Crippen LogP contribution in [0.3, 0.4) is 0 Å². The van der Waals surface area contributed by atoms with Gasteiger partial charge in [-0.05, 0) is 32.6 Å². The topological polar surface area (TPSA) is 65.5 Å². The number of nitrogens with one attached hydrogen (secondary N) is 3. The average Bonchev–Trinajstić information content (AvgIpc) is 3.12. The van der Waals surface area contributed by atoms with Crippen LogP contribution in [0.2, 0.25) is 0 Å². The Hall–Kier alpha value is -1.26. The lowest BCUT2D eigenvalue weighted by Gasteiger charge is -2.16. The Labute approximate surface area is 128 Å². The molecule has 0 aliphatic heterocycles. The monoisotopic (exact) mass is 294 g/mol. The molecule has 0 aromatic heterocycles. The van der Waals surface area contributed by atoms with Gasteiger partial charge in [-0.3, -0.25) is 9.79 Å². The van der Waals surface area contributed by atoms with Crippen LogP contribution >= 0.6 is 0 Å². The van der Waals surface area contributed by atoms with E-state index in [9.17, 15) is 4.79 Å². The van der Waals surface area contributed by atoms with E-state index in [1.807, 2.05) is 0 Å². The Morgan fingerprint density at radius 1 is 1.00 bits per heavy atom.